The van der Waals surface area contributed by atoms with Gasteiger partial charge in [-0.15, -0.1) is 0 Å². The summed E-state index contributed by atoms with van der Waals surface area (Å²) in [5.74, 6) is 0.692. The molecule has 0 amide bonds. The molecule has 19 heavy (non-hydrogen) atoms. The van der Waals surface area contributed by atoms with Crippen molar-refractivity contribution in [3.05, 3.63) is 0 Å². The molecule has 114 valence electrons. The minimum atomic E-state index is -0.249. The monoisotopic (exact) mass is 270 g/mol. The molecule has 0 aromatic heterocycles. The first-order valence-corrected chi connectivity index (χ1v) is 8.47. The summed E-state index contributed by atoms with van der Waals surface area (Å²) in [4.78, 5) is 0. The summed E-state index contributed by atoms with van der Waals surface area (Å²) < 4.78 is 5.88. The summed E-state index contributed by atoms with van der Waals surface area (Å²) in [7, 11) is 0. The lowest BCUT2D eigenvalue weighted by Gasteiger charge is -2.34. The van der Waals surface area contributed by atoms with E-state index in [2.05, 4.69) is 20.8 Å². The molecule has 1 N–H and O–H groups in total. The zero-order chi connectivity index (χ0) is 14.1. The molecule has 4 atom stereocenters. The molecule has 0 aromatic rings. The molecule has 1 saturated heterocycles. The molecule has 1 heterocycles. The third kappa shape index (κ3) is 7.31. The van der Waals surface area contributed by atoms with Gasteiger partial charge in [-0.2, -0.15) is 0 Å². The molecule has 1 aliphatic heterocycles. The molecule has 1 rings (SSSR count). The summed E-state index contributed by atoms with van der Waals surface area (Å²) in [6.07, 6.45) is 12.4. The van der Waals surface area contributed by atoms with Crippen LogP contribution >= 0.6 is 0 Å². The number of hydrogen-bond acceptors (Lipinski definition) is 2. The van der Waals surface area contributed by atoms with Crippen molar-refractivity contribution in [3.63, 3.8) is 0 Å². The van der Waals surface area contributed by atoms with Gasteiger partial charge in [0.1, 0.15) is 0 Å². The number of ether oxygens (including phenoxy) is 1. The summed E-state index contributed by atoms with van der Waals surface area (Å²) in [5.41, 5.74) is 0. The SMILES string of the molecule is CCCCCCCCCC(O)C1CC(C)CC(C)O1. The second kappa shape index (κ2) is 9.77. The molecular weight excluding hydrogens is 236 g/mol. The fourth-order valence-corrected chi connectivity index (χ4v) is 3.21. The van der Waals surface area contributed by atoms with Crippen LogP contribution in [0.2, 0.25) is 0 Å². The van der Waals surface area contributed by atoms with Crippen LogP contribution in [0.1, 0.15) is 85.0 Å². The van der Waals surface area contributed by atoms with Crippen LogP contribution in [0.4, 0.5) is 0 Å². The van der Waals surface area contributed by atoms with Gasteiger partial charge in [-0.1, -0.05) is 58.8 Å². The lowest BCUT2D eigenvalue weighted by Crippen LogP contribution is -2.38. The maximum absolute atomic E-state index is 10.2. The Morgan fingerprint density at radius 2 is 1.63 bits per heavy atom. The van der Waals surface area contributed by atoms with Gasteiger partial charge < -0.3 is 9.84 Å². The number of aliphatic hydroxyl groups is 1. The van der Waals surface area contributed by atoms with Crippen LogP contribution < -0.4 is 0 Å². The predicted octanol–water partition coefficient (Wildman–Crippen LogP) is 4.69. The third-order valence-electron chi connectivity index (χ3n) is 4.31. The van der Waals surface area contributed by atoms with Crippen LogP contribution in [0.3, 0.4) is 0 Å². The summed E-state index contributed by atoms with van der Waals surface area (Å²) in [6.45, 7) is 6.65. The number of aliphatic hydroxyl groups excluding tert-OH is 1. The van der Waals surface area contributed by atoms with E-state index in [0.717, 1.165) is 25.7 Å². The Morgan fingerprint density at radius 3 is 2.26 bits per heavy atom. The van der Waals surface area contributed by atoms with Gasteiger partial charge >= 0.3 is 0 Å². The third-order valence-corrected chi connectivity index (χ3v) is 4.31. The maximum atomic E-state index is 10.2. The van der Waals surface area contributed by atoms with Gasteiger partial charge in [0.15, 0.2) is 0 Å². The highest BCUT2D eigenvalue weighted by molar-refractivity contribution is 4.78. The van der Waals surface area contributed by atoms with E-state index in [1.165, 1.54) is 38.5 Å². The molecular formula is C17H34O2. The lowest BCUT2D eigenvalue weighted by molar-refractivity contribution is -0.114. The van der Waals surface area contributed by atoms with E-state index < -0.39 is 0 Å². The highest BCUT2D eigenvalue weighted by atomic mass is 16.5. The van der Waals surface area contributed by atoms with E-state index >= 15 is 0 Å². The maximum Gasteiger partial charge on any atom is 0.0840 e. The van der Waals surface area contributed by atoms with E-state index in [-0.39, 0.29) is 12.2 Å². The van der Waals surface area contributed by atoms with E-state index in [1.54, 1.807) is 0 Å². The first-order valence-electron chi connectivity index (χ1n) is 8.47. The fraction of sp³-hybridized carbons (Fsp3) is 1.00. The first kappa shape index (κ1) is 17.0. The topological polar surface area (TPSA) is 29.5 Å². The molecule has 2 heteroatoms. The summed E-state index contributed by atoms with van der Waals surface area (Å²) >= 11 is 0. The van der Waals surface area contributed by atoms with Gasteiger partial charge in [-0.05, 0) is 32.1 Å². The van der Waals surface area contributed by atoms with Gasteiger partial charge in [0.2, 0.25) is 0 Å². The van der Waals surface area contributed by atoms with E-state index in [9.17, 15) is 5.11 Å². The average molecular weight is 270 g/mol. The molecule has 1 fully saturated rings. The highest BCUT2D eigenvalue weighted by Gasteiger charge is 2.29. The summed E-state index contributed by atoms with van der Waals surface area (Å²) in [6, 6.07) is 0. The smallest absolute Gasteiger partial charge is 0.0840 e. The molecule has 0 saturated carbocycles. The van der Waals surface area contributed by atoms with Crippen molar-refractivity contribution in [3.8, 4) is 0 Å². The normalized spacial score (nSPS) is 29.4. The number of unbranched alkanes of at least 4 members (excludes halogenated alkanes) is 6. The van der Waals surface area contributed by atoms with Crippen LogP contribution in [-0.4, -0.2) is 23.4 Å². The Hall–Kier alpha value is -0.0800. The zero-order valence-corrected chi connectivity index (χ0v) is 13.2. The molecule has 0 bridgehead atoms. The minimum absolute atomic E-state index is 0.0823. The lowest BCUT2D eigenvalue weighted by atomic mass is 9.90. The largest absolute Gasteiger partial charge is 0.390 e. The minimum Gasteiger partial charge on any atom is -0.390 e. The fourth-order valence-electron chi connectivity index (χ4n) is 3.21. The Bertz CT molecular complexity index is 207. The number of rotatable bonds is 9. The molecule has 0 spiro atoms. The predicted molar refractivity (Wildman–Crippen MR) is 81.3 cm³/mol. The van der Waals surface area contributed by atoms with Crippen LogP contribution in [0.5, 0.6) is 0 Å². The molecule has 1 aliphatic rings. The van der Waals surface area contributed by atoms with E-state index in [0.29, 0.717) is 12.0 Å². The summed E-state index contributed by atoms with van der Waals surface area (Å²) in [5, 5.41) is 10.2. The molecule has 0 radical (unpaired) electrons. The van der Waals surface area contributed by atoms with Crippen molar-refractivity contribution in [2.75, 3.05) is 0 Å². The Balaban J connectivity index is 2.05. The van der Waals surface area contributed by atoms with Gasteiger partial charge in [0.05, 0.1) is 18.3 Å². The van der Waals surface area contributed by atoms with Crippen LogP contribution in [0.25, 0.3) is 0 Å². The van der Waals surface area contributed by atoms with Gasteiger partial charge in [-0.25, -0.2) is 0 Å². The van der Waals surface area contributed by atoms with Crippen molar-refractivity contribution >= 4 is 0 Å². The van der Waals surface area contributed by atoms with Crippen LogP contribution in [0, 0.1) is 5.92 Å². The molecule has 0 aliphatic carbocycles. The quantitative estimate of drug-likeness (QED) is 0.616. The van der Waals surface area contributed by atoms with Crippen LogP contribution in [-0.2, 0) is 4.74 Å². The van der Waals surface area contributed by atoms with E-state index in [4.69, 9.17) is 4.74 Å². The standard InChI is InChI=1S/C17H34O2/c1-4-5-6-7-8-9-10-11-16(18)17-13-14(2)12-15(3)19-17/h14-18H,4-13H2,1-3H3. The van der Waals surface area contributed by atoms with Gasteiger partial charge in [0, 0.05) is 0 Å². The number of hydrogen-bond donors (Lipinski definition) is 1. The molecule has 4 unspecified atom stereocenters. The Morgan fingerprint density at radius 1 is 1.00 bits per heavy atom. The van der Waals surface area contributed by atoms with Gasteiger partial charge in [0.25, 0.3) is 0 Å². The van der Waals surface area contributed by atoms with Crippen molar-refractivity contribution < 1.29 is 9.84 Å². The zero-order valence-electron chi connectivity index (χ0n) is 13.2. The van der Waals surface area contributed by atoms with Crippen LogP contribution in [0.15, 0.2) is 0 Å². The Labute approximate surface area is 119 Å². The van der Waals surface area contributed by atoms with E-state index in [1.807, 2.05) is 0 Å². The van der Waals surface area contributed by atoms with Crippen molar-refractivity contribution in [2.45, 2.75) is 103 Å². The van der Waals surface area contributed by atoms with Gasteiger partial charge in [-0.3, -0.25) is 0 Å². The highest BCUT2D eigenvalue weighted by Crippen LogP contribution is 2.27. The molecule has 2 nitrogen and oxygen atoms in total. The van der Waals surface area contributed by atoms with Crippen molar-refractivity contribution in [2.24, 2.45) is 5.92 Å². The second-order valence-corrected chi connectivity index (χ2v) is 6.54. The Kier molecular flexibility index (Phi) is 8.72. The van der Waals surface area contributed by atoms with Crippen molar-refractivity contribution in [1.82, 2.24) is 0 Å². The average Bonchev–Trinajstić information content (AvgIpc) is 2.36. The molecule has 0 aromatic carbocycles. The second-order valence-electron chi connectivity index (χ2n) is 6.54. The first-order chi connectivity index (χ1) is 9.13. The van der Waals surface area contributed by atoms with Crippen molar-refractivity contribution in [1.29, 1.82) is 0 Å².